The van der Waals surface area contributed by atoms with E-state index >= 15 is 0 Å². The molecule has 0 saturated carbocycles. The maximum Gasteiger partial charge on any atom is 0.410 e. The van der Waals surface area contributed by atoms with Crippen molar-refractivity contribution in [3.8, 4) is 0 Å². The monoisotopic (exact) mass is 321 g/mol. The second-order valence-electron chi connectivity index (χ2n) is 6.80. The summed E-state index contributed by atoms with van der Waals surface area (Å²) in [5, 5.41) is 9.46. The third-order valence-corrected chi connectivity index (χ3v) is 3.91. The van der Waals surface area contributed by atoms with E-state index in [2.05, 4.69) is 9.88 Å². The van der Waals surface area contributed by atoms with Gasteiger partial charge < -0.3 is 19.6 Å². The summed E-state index contributed by atoms with van der Waals surface area (Å²) in [7, 11) is 0. The van der Waals surface area contributed by atoms with E-state index in [9.17, 15) is 9.90 Å². The Balaban J connectivity index is 2.07. The molecule has 0 spiro atoms. The molecule has 1 fully saturated rings. The van der Waals surface area contributed by atoms with Crippen LogP contribution in [-0.2, 0) is 11.3 Å². The number of carbonyl (C=O) groups is 1. The minimum atomic E-state index is -0.492. The number of ether oxygens (including phenoxy) is 1. The van der Waals surface area contributed by atoms with Crippen molar-refractivity contribution < 1.29 is 14.6 Å². The standard InChI is InChI=1S/C17H27N3O3/c1-5-20(16(22)23-17(2,3)4)14-8-10-19(11-14)15-13(12-21)7-6-9-18-15/h6-7,9,14,21H,5,8,10-12H2,1-4H3/t14-/m1/s1. The Bertz CT molecular complexity index is 542. The van der Waals surface area contributed by atoms with E-state index in [4.69, 9.17) is 4.74 Å². The number of aromatic nitrogens is 1. The van der Waals surface area contributed by atoms with E-state index in [0.29, 0.717) is 13.1 Å². The van der Waals surface area contributed by atoms with Gasteiger partial charge in [0.05, 0.1) is 12.6 Å². The van der Waals surface area contributed by atoms with Gasteiger partial charge in [-0.3, -0.25) is 0 Å². The van der Waals surface area contributed by atoms with E-state index < -0.39 is 5.60 Å². The summed E-state index contributed by atoms with van der Waals surface area (Å²) in [5.74, 6) is 0.803. The zero-order chi connectivity index (χ0) is 17.0. The number of nitrogens with zero attached hydrogens (tertiary/aromatic N) is 3. The Morgan fingerprint density at radius 3 is 2.87 bits per heavy atom. The lowest BCUT2D eigenvalue weighted by molar-refractivity contribution is 0.0191. The van der Waals surface area contributed by atoms with Crippen LogP contribution in [-0.4, -0.2) is 52.4 Å². The highest BCUT2D eigenvalue weighted by molar-refractivity contribution is 5.69. The van der Waals surface area contributed by atoms with E-state index in [1.54, 1.807) is 11.1 Å². The molecule has 0 unspecified atom stereocenters. The fourth-order valence-electron chi connectivity index (χ4n) is 2.88. The number of anilines is 1. The van der Waals surface area contributed by atoms with Gasteiger partial charge in [-0.1, -0.05) is 6.07 Å². The van der Waals surface area contributed by atoms with Crippen LogP contribution >= 0.6 is 0 Å². The molecule has 1 amide bonds. The summed E-state index contributed by atoms with van der Waals surface area (Å²) in [6.45, 7) is 9.69. The van der Waals surface area contributed by atoms with Crippen LogP contribution < -0.4 is 4.90 Å². The molecule has 2 rings (SSSR count). The summed E-state index contributed by atoms with van der Waals surface area (Å²) in [6.07, 6.45) is 2.33. The third-order valence-electron chi connectivity index (χ3n) is 3.91. The molecule has 1 aromatic rings. The topological polar surface area (TPSA) is 65.9 Å². The molecule has 23 heavy (non-hydrogen) atoms. The van der Waals surface area contributed by atoms with Gasteiger partial charge in [0.15, 0.2) is 0 Å². The Kier molecular flexibility index (Phi) is 5.46. The molecule has 1 saturated heterocycles. The highest BCUT2D eigenvalue weighted by Crippen LogP contribution is 2.25. The second kappa shape index (κ2) is 7.17. The average Bonchev–Trinajstić information content (AvgIpc) is 2.95. The Morgan fingerprint density at radius 2 is 2.26 bits per heavy atom. The molecule has 1 aliphatic rings. The summed E-state index contributed by atoms with van der Waals surface area (Å²) in [5.41, 5.74) is 0.321. The van der Waals surface area contributed by atoms with Gasteiger partial charge in [-0.2, -0.15) is 0 Å². The van der Waals surface area contributed by atoms with Crippen molar-refractivity contribution >= 4 is 11.9 Å². The van der Waals surface area contributed by atoms with Crippen LogP contribution in [0.1, 0.15) is 39.7 Å². The lowest BCUT2D eigenvalue weighted by Gasteiger charge is -2.31. The fraction of sp³-hybridized carbons (Fsp3) is 0.647. The van der Waals surface area contributed by atoms with Crippen LogP contribution in [0.4, 0.5) is 10.6 Å². The van der Waals surface area contributed by atoms with Gasteiger partial charge in [0.2, 0.25) is 0 Å². The van der Waals surface area contributed by atoms with Crippen LogP contribution in [0.3, 0.4) is 0 Å². The van der Waals surface area contributed by atoms with Gasteiger partial charge >= 0.3 is 6.09 Å². The molecule has 0 aromatic carbocycles. The van der Waals surface area contributed by atoms with E-state index in [1.807, 2.05) is 39.8 Å². The predicted molar refractivity (Wildman–Crippen MR) is 89.4 cm³/mol. The largest absolute Gasteiger partial charge is 0.444 e. The smallest absolute Gasteiger partial charge is 0.410 e. The van der Waals surface area contributed by atoms with Crippen molar-refractivity contribution in [1.82, 2.24) is 9.88 Å². The fourth-order valence-corrected chi connectivity index (χ4v) is 2.88. The van der Waals surface area contributed by atoms with Gasteiger partial charge in [0, 0.05) is 31.4 Å². The molecular weight excluding hydrogens is 294 g/mol. The highest BCUT2D eigenvalue weighted by atomic mass is 16.6. The van der Waals surface area contributed by atoms with Gasteiger partial charge in [-0.15, -0.1) is 0 Å². The number of hydrogen-bond acceptors (Lipinski definition) is 5. The number of hydrogen-bond donors (Lipinski definition) is 1. The second-order valence-corrected chi connectivity index (χ2v) is 6.80. The maximum absolute atomic E-state index is 12.4. The molecule has 2 heterocycles. The van der Waals surface area contributed by atoms with Gasteiger partial charge in [-0.25, -0.2) is 9.78 Å². The number of carbonyl (C=O) groups excluding carboxylic acids is 1. The summed E-state index contributed by atoms with van der Waals surface area (Å²) >= 11 is 0. The van der Waals surface area contributed by atoms with Crippen LogP contribution in [0, 0.1) is 0 Å². The Hall–Kier alpha value is -1.82. The van der Waals surface area contributed by atoms with Crippen molar-refractivity contribution in [1.29, 1.82) is 0 Å². The average molecular weight is 321 g/mol. The number of aliphatic hydroxyl groups is 1. The number of aliphatic hydroxyl groups excluding tert-OH is 1. The van der Waals surface area contributed by atoms with E-state index in [1.165, 1.54) is 0 Å². The molecule has 0 bridgehead atoms. The summed E-state index contributed by atoms with van der Waals surface area (Å²) < 4.78 is 5.50. The molecule has 128 valence electrons. The number of amides is 1. The minimum Gasteiger partial charge on any atom is -0.444 e. The van der Waals surface area contributed by atoms with Crippen molar-refractivity contribution in [3.63, 3.8) is 0 Å². The zero-order valence-electron chi connectivity index (χ0n) is 14.5. The predicted octanol–water partition coefficient (Wildman–Crippen LogP) is 2.41. The lowest BCUT2D eigenvalue weighted by Crippen LogP contribution is -2.44. The van der Waals surface area contributed by atoms with Crippen LogP contribution in [0.2, 0.25) is 0 Å². The Morgan fingerprint density at radius 1 is 1.52 bits per heavy atom. The maximum atomic E-state index is 12.4. The molecular formula is C17H27N3O3. The van der Waals surface area contributed by atoms with Crippen molar-refractivity contribution in [2.45, 2.75) is 52.4 Å². The first-order chi connectivity index (χ1) is 10.9. The third kappa shape index (κ3) is 4.34. The molecule has 6 nitrogen and oxygen atoms in total. The highest BCUT2D eigenvalue weighted by Gasteiger charge is 2.33. The molecule has 0 aliphatic carbocycles. The van der Waals surface area contributed by atoms with Gasteiger partial charge in [-0.05, 0) is 40.2 Å². The first kappa shape index (κ1) is 17.5. The SMILES string of the molecule is CCN(C(=O)OC(C)(C)C)[C@@H]1CCN(c2ncccc2CO)C1. The van der Waals surface area contributed by atoms with Crippen LogP contribution in [0.25, 0.3) is 0 Å². The first-order valence-corrected chi connectivity index (χ1v) is 8.15. The number of rotatable bonds is 4. The lowest BCUT2D eigenvalue weighted by atomic mass is 10.2. The van der Waals surface area contributed by atoms with Crippen molar-refractivity contribution in [3.05, 3.63) is 23.9 Å². The Labute approximate surface area is 138 Å². The van der Waals surface area contributed by atoms with E-state index in [-0.39, 0.29) is 18.7 Å². The normalized spacial score (nSPS) is 18.1. The van der Waals surface area contributed by atoms with Gasteiger partial charge in [0.25, 0.3) is 0 Å². The zero-order valence-corrected chi connectivity index (χ0v) is 14.5. The minimum absolute atomic E-state index is 0.0338. The summed E-state index contributed by atoms with van der Waals surface area (Å²) in [4.78, 5) is 20.7. The van der Waals surface area contributed by atoms with Crippen molar-refractivity contribution in [2.24, 2.45) is 0 Å². The molecule has 1 N–H and O–H groups in total. The molecule has 6 heteroatoms. The molecule has 1 aliphatic heterocycles. The quantitative estimate of drug-likeness (QED) is 0.922. The van der Waals surface area contributed by atoms with Crippen molar-refractivity contribution in [2.75, 3.05) is 24.5 Å². The van der Waals surface area contributed by atoms with Crippen LogP contribution in [0.5, 0.6) is 0 Å². The molecule has 1 aromatic heterocycles. The molecule has 0 radical (unpaired) electrons. The van der Waals surface area contributed by atoms with Crippen LogP contribution in [0.15, 0.2) is 18.3 Å². The number of pyridine rings is 1. The first-order valence-electron chi connectivity index (χ1n) is 8.15. The summed E-state index contributed by atoms with van der Waals surface area (Å²) in [6, 6.07) is 3.80. The van der Waals surface area contributed by atoms with E-state index in [0.717, 1.165) is 24.3 Å². The molecule has 1 atom stereocenters. The van der Waals surface area contributed by atoms with Gasteiger partial charge in [0.1, 0.15) is 11.4 Å². The number of likely N-dealkylation sites (N-methyl/N-ethyl adjacent to an activating group) is 1.